The van der Waals surface area contributed by atoms with Crippen LogP contribution in [0.25, 0.3) is 0 Å². The second-order valence-electron chi connectivity index (χ2n) is 6.46. The number of amides is 2. The molecule has 1 aromatic carbocycles. The largest absolute Gasteiger partial charge is 0.466 e. The van der Waals surface area contributed by atoms with E-state index in [2.05, 4.69) is 15.9 Å². The predicted molar refractivity (Wildman–Crippen MR) is 101 cm³/mol. The van der Waals surface area contributed by atoms with Crippen LogP contribution in [-0.2, 0) is 25.5 Å². The van der Waals surface area contributed by atoms with E-state index in [1.165, 1.54) is 4.90 Å². The predicted octanol–water partition coefficient (Wildman–Crippen LogP) is 2.25. The number of hydrogen-bond acceptors (Lipinski definition) is 4. The Hall–Kier alpha value is -1.89. The lowest BCUT2D eigenvalue weighted by Crippen LogP contribution is -2.45. The van der Waals surface area contributed by atoms with Crippen LogP contribution in [-0.4, -0.2) is 60.9 Å². The van der Waals surface area contributed by atoms with Gasteiger partial charge in [-0.2, -0.15) is 0 Å². The van der Waals surface area contributed by atoms with Gasteiger partial charge in [0, 0.05) is 24.6 Å². The minimum absolute atomic E-state index is 0.0550. The number of carbonyl (C=O) groups is 3. The summed E-state index contributed by atoms with van der Waals surface area (Å²) in [7, 11) is 1.64. The summed E-state index contributed by atoms with van der Waals surface area (Å²) in [4.78, 5) is 39.7. The van der Waals surface area contributed by atoms with E-state index in [9.17, 15) is 14.4 Å². The number of piperidine rings is 1. The highest BCUT2D eigenvalue weighted by molar-refractivity contribution is 9.10. The zero-order chi connectivity index (χ0) is 19.1. The van der Waals surface area contributed by atoms with Crippen molar-refractivity contribution in [2.45, 2.75) is 26.2 Å². The van der Waals surface area contributed by atoms with Crippen LogP contribution in [0.2, 0.25) is 0 Å². The zero-order valence-electron chi connectivity index (χ0n) is 15.2. The first-order valence-electron chi connectivity index (χ1n) is 8.83. The maximum Gasteiger partial charge on any atom is 0.309 e. The summed E-state index contributed by atoms with van der Waals surface area (Å²) in [6.45, 7) is 3.27. The molecule has 0 aliphatic carbocycles. The first kappa shape index (κ1) is 20.4. The third-order valence-electron chi connectivity index (χ3n) is 4.53. The van der Waals surface area contributed by atoms with Gasteiger partial charge in [-0.05, 0) is 37.5 Å². The number of likely N-dealkylation sites (tertiary alicyclic amines) is 1. The normalized spacial score (nSPS) is 14.8. The fourth-order valence-corrected chi connectivity index (χ4v) is 3.19. The van der Waals surface area contributed by atoms with Crippen molar-refractivity contribution in [2.75, 3.05) is 33.3 Å². The molecule has 7 heteroatoms. The molecule has 1 fully saturated rings. The number of ether oxygens (including phenoxy) is 1. The Balaban J connectivity index is 1.79. The number of benzene rings is 1. The van der Waals surface area contributed by atoms with Gasteiger partial charge in [0.2, 0.25) is 11.8 Å². The van der Waals surface area contributed by atoms with Crippen molar-refractivity contribution in [3.05, 3.63) is 34.3 Å². The van der Waals surface area contributed by atoms with Crippen molar-refractivity contribution in [1.82, 2.24) is 9.80 Å². The number of hydrogen-bond donors (Lipinski definition) is 0. The quantitative estimate of drug-likeness (QED) is 0.656. The van der Waals surface area contributed by atoms with E-state index in [-0.39, 0.29) is 36.7 Å². The van der Waals surface area contributed by atoms with Crippen LogP contribution in [0.1, 0.15) is 25.3 Å². The Bertz CT molecular complexity index is 639. The van der Waals surface area contributed by atoms with Crippen LogP contribution in [0.5, 0.6) is 0 Å². The maximum atomic E-state index is 12.4. The molecular formula is C19H25BrN2O4. The van der Waals surface area contributed by atoms with Crippen LogP contribution in [0.4, 0.5) is 0 Å². The summed E-state index contributed by atoms with van der Waals surface area (Å²) in [5, 5.41) is 0. The van der Waals surface area contributed by atoms with E-state index in [1.807, 2.05) is 24.3 Å². The van der Waals surface area contributed by atoms with Crippen molar-refractivity contribution in [3.63, 3.8) is 0 Å². The van der Waals surface area contributed by atoms with E-state index < -0.39 is 0 Å². The van der Waals surface area contributed by atoms with Crippen molar-refractivity contribution in [2.24, 2.45) is 5.92 Å². The number of esters is 1. The standard InChI is InChI=1S/C19H25BrN2O4/c1-3-26-19(25)15-8-10-22(11-9-15)18(24)13-21(2)17(23)12-14-4-6-16(20)7-5-14/h4-7,15H,3,8-13H2,1-2H3. The second kappa shape index (κ2) is 9.71. The SMILES string of the molecule is CCOC(=O)C1CCN(C(=O)CN(C)C(=O)Cc2ccc(Br)cc2)CC1. The molecule has 0 atom stereocenters. The van der Waals surface area contributed by atoms with E-state index in [0.29, 0.717) is 32.5 Å². The molecule has 0 N–H and O–H groups in total. The highest BCUT2D eigenvalue weighted by Crippen LogP contribution is 2.19. The summed E-state index contributed by atoms with van der Waals surface area (Å²) >= 11 is 3.36. The van der Waals surface area contributed by atoms with Gasteiger partial charge in [0.25, 0.3) is 0 Å². The van der Waals surface area contributed by atoms with Crippen molar-refractivity contribution < 1.29 is 19.1 Å². The number of halogens is 1. The summed E-state index contributed by atoms with van der Waals surface area (Å²) in [5.74, 6) is -0.488. The molecule has 0 radical (unpaired) electrons. The monoisotopic (exact) mass is 424 g/mol. The molecule has 0 bridgehead atoms. The van der Waals surface area contributed by atoms with Gasteiger partial charge in [0.05, 0.1) is 25.5 Å². The lowest BCUT2D eigenvalue weighted by atomic mass is 9.97. The summed E-state index contributed by atoms with van der Waals surface area (Å²) in [6.07, 6.45) is 1.49. The highest BCUT2D eigenvalue weighted by atomic mass is 79.9. The van der Waals surface area contributed by atoms with Crippen molar-refractivity contribution in [3.8, 4) is 0 Å². The van der Waals surface area contributed by atoms with Crippen LogP contribution in [0.15, 0.2) is 28.7 Å². The topological polar surface area (TPSA) is 66.9 Å². The third-order valence-corrected chi connectivity index (χ3v) is 5.06. The summed E-state index contributed by atoms with van der Waals surface area (Å²) < 4.78 is 6.00. The molecule has 1 saturated heterocycles. The van der Waals surface area contributed by atoms with Gasteiger partial charge in [0.15, 0.2) is 0 Å². The first-order chi connectivity index (χ1) is 12.4. The fraction of sp³-hybridized carbons (Fsp3) is 0.526. The van der Waals surface area contributed by atoms with Crippen molar-refractivity contribution in [1.29, 1.82) is 0 Å². The van der Waals surface area contributed by atoms with Gasteiger partial charge in [-0.3, -0.25) is 14.4 Å². The number of likely N-dealkylation sites (N-methyl/N-ethyl adjacent to an activating group) is 1. The Morgan fingerprint density at radius 3 is 2.38 bits per heavy atom. The van der Waals surface area contributed by atoms with Gasteiger partial charge >= 0.3 is 5.97 Å². The minimum atomic E-state index is -0.179. The molecule has 6 nitrogen and oxygen atoms in total. The van der Waals surface area contributed by atoms with Gasteiger partial charge in [-0.1, -0.05) is 28.1 Å². The minimum Gasteiger partial charge on any atom is -0.466 e. The highest BCUT2D eigenvalue weighted by Gasteiger charge is 2.28. The van der Waals surface area contributed by atoms with Gasteiger partial charge in [-0.25, -0.2) is 0 Å². The van der Waals surface area contributed by atoms with Crippen LogP contribution in [0.3, 0.4) is 0 Å². The summed E-state index contributed by atoms with van der Waals surface area (Å²) in [6, 6.07) is 7.55. The van der Waals surface area contributed by atoms with Crippen LogP contribution in [0, 0.1) is 5.92 Å². The molecule has 1 aromatic rings. The smallest absolute Gasteiger partial charge is 0.309 e. The second-order valence-corrected chi connectivity index (χ2v) is 7.38. The van der Waals surface area contributed by atoms with Gasteiger partial charge < -0.3 is 14.5 Å². The van der Waals surface area contributed by atoms with E-state index in [0.717, 1.165) is 10.0 Å². The van der Waals surface area contributed by atoms with Crippen molar-refractivity contribution >= 4 is 33.7 Å². The average molecular weight is 425 g/mol. The molecule has 1 aliphatic heterocycles. The Morgan fingerprint density at radius 1 is 1.19 bits per heavy atom. The zero-order valence-corrected chi connectivity index (χ0v) is 16.8. The Labute approximate surface area is 162 Å². The average Bonchev–Trinajstić information content (AvgIpc) is 2.63. The Morgan fingerprint density at radius 2 is 1.81 bits per heavy atom. The third kappa shape index (κ3) is 5.83. The number of rotatable bonds is 6. The van der Waals surface area contributed by atoms with Gasteiger partial charge in [0.1, 0.15) is 0 Å². The molecule has 1 aliphatic rings. The maximum absolute atomic E-state index is 12.4. The molecule has 2 rings (SSSR count). The lowest BCUT2D eigenvalue weighted by Gasteiger charge is -2.32. The lowest BCUT2D eigenvalue weighted by molar-refractivity contribution is -0.151. The fourth-order valence-electron chi connectivity index (χ4n) is 2.93. The van der Waals surface area contributed by atoms with Gasteiger partial charge in [-0.15, -0.1) is 0 Å². The van der Waals surface area contributed by atoms with Crippen LogP contribution < -0.4 is 0 Å². The summed E-state index contributed by atoms with van der Waals surface area (Å²) in [5.41, 5.74) is 0.910. The number of nitrogens with zero attached hydrogens (tertiary/aromatic N) is 2. The molecule has 0 unspecified atom stereocenters. The van der Waals surface area contributed by atoms with E-state index in [1.54, 1.807) is 18.9 Å². The number of carbonyl (C=O) groups excluding carboxylic acids is 3. The molecular weight excluding hydrogens is 400 g/mol. The first-order valence-corrected chi connectivity index (χ1v) is 9.62. The van der Waals surface area contributed by atoms with Crippen LogP contribution >= 0.6 is 15.9 Å². The Kier molecular flexibility index (Phi) is 7.63. The van der Waals surface area contributed by atoms with E-state index >= 15 is 0 Å². The molecule has 0 saturated carbocycles. The molecule has 0 spiro atoms. The molecule has 2 amide bonds. The van der Waals surface area contributed by atoms with E-state index in [4.69, 9.17) is 4.74 Å². The molecule has 0 aromatic heterocycles. The molecule has 26 heavy (non-hydrogen) atoms. The molecule has 142 valence electrons. The molecule has 1 heterocycles.